The van der Waals surface area contributed by atoms with Crippen LogP contribution in [0.2, 0.25) is 0 Å². The van der Waals surface area contributed by atoms with Crippen LogP contribution in [0.4, 0.5) is 0 Å². The molecule has 0 bridgehead atoms. The molecule has 0 N–H and O–H groups in total. The van der Waals surface area contributed by atoms with Crippen molar-refractivity contribution in [3.63, 3.8) is 0 Å². The molecule has 0 saturated carbocycles. The smallest absolute Gasteiger partial charge is 0.266 e. The van der Waals surface area contributed by atoms with Gasteiger partial charge in [0.2, 0.25) is 0 Å². The van der Waals surface area contributed by atoms with Gasteiger partial charge in [-0.3, -0.25) is 9.69 Å². The second-order valence-electron chi connectivity index (χ2n) is 6.23. The molecule has 1 amide bonds. The van der Waals surface area contributed by atoms with Crippen LogP contribution < -0.4 is 4.74 Å². The molecular weight excluding hydrogens is 374 g/mol. The number of carbonyl (C=O) groups is 1. The van der Waals surface area contributed by atoms with Crippen molar-refractivity contribution in [2.75, 3.05) is 13.7 Å². The Bertz CT molecular complexity index is 886. The second-order valence-corrected chi connectivity index (χ2v) is 7.91. The number of carbonyl (C=O) groups excluding carboxylic acids is 1. The van der Waals surface area contributed by atoms with Crippen molar-refractivity contribution in [2.45, 2.75) is 13.3 Å². The van der Waals surface area contributed by atoms with E-state index in [1.165, 1.54) is 11.8 Å². The Morgan fingerprint density at radius 1 is 1.15 bits per heavy atom. The highest BCUT2D eigenvalue weighted by molar-refractivity contribution is 8.26. The molecule has 0 radical (unpaired) electrons. The van der Waals surface area contributed by atoms with E-state index in [1.54, 1.807) is 12.0 Å². The van der Waals surface area contributed by atoms with Crippen LogP contribution in [0, 0.1) is 0 Å². The van der Waals surface area contributed by atoms with Gasteiger partial charge in [-0.25, -0.2) is 0 Å². The average molecular weight is 396 g/mol. The number of benzene rings is 2. The fourth-order valence-electron chi connectivity index (χ4n) is 2.79. The first-order valence-electron chi connectivity index (χ1n) is 8.68. The maximum atomic E-state index is 12.7. The van der Waals surface area contributed by atoms with Crippen molar-refractivity contribution in [1.29, 1.82) is 0 Å². The van der Waals surface area contributed by atoms with Crippen molar-refractivity contribution in [3.05, 3.63) is 82.3 Å². The van der Waals surface area contributed by atoms with Gasteiger partial charge >= 0.3 is 0 Å². The fourth-order valence-corrected chi connectivity index (χ4v) is 4.14. The van der Waals surface area contributed by atoms with Gasteiger partial charge in [0.25, 0.3) is 5.91 Å². The minimum Gasteiger partial charge on any atom is -0.497 e. The van der Waals surface area contributed by atoms with Crippen LogP contribution in [0.3, 0.4) is 0 Å². The van der Waals surface area contributed by atoms with Crippen LogP contribution in [0.5, 0.6) is 5.75 Å². The van der Waals surface area contributed by atoms with Crippen molar-refractivity contribution >= 4 is 40.3 Å². The summed E-state index contributed by atoms with van der Waals surface area (Å²) in [6.07, 6.45) is 4.73. The van der Waals surface area contributed by atoms with Gasteiger partial charge < -0.3 is 4.74 Å². The third kappa shape index (κ3) is 5.08. The summed E-state index contributed by atoms with van der Waals surface area (Å²) in [6.45, 7) is 2.58. The molecule has 0 unspecified atom stereocenters. The van der Waals surface area contributed by atoms with Gasteiger partial charge in [-0.1, -0.05) is 72.5 Å². The van der Waals surface area contributed by atoms with E-state index in [-0.39, 0.29) is 5.91 Å². The zero-order valence-corrected chi connectivity index (χ0v) is 17.0. The monoisotopic (exact) mass is 395 g/mol. The zero-order chi connectivity index (χ0) is 19.2. The lowest BCUT2D eigenvalue weighted by Gasteiger charge is -2.14. The van der Waals surface area contributed by atoms with Gasteiger partial charge in [-0.05, 0) is 48.3 Å². The number of methoxy groups -OCH3 is 1. The van der Waals surface area contributed by atoms with Crippen LogP contribution in [-0.4, -0.2) is 28.8 Å². The minimum absolute atomic E-state index is 0.0145. The fraction of sp³-hybridized carbons (Fsp3) is 0.182. The molecule has 0 atom stereocenters. The number of hydrogen-bond acceptors (Lipinski definition) is 4. The third-order valence-corrected chi connectivity index (χ3v) is 5.59. The van der Waals surface area contributed by atoms with Gasteiger partial charge in [0, 0.05) is 6.54 Å². The minimum atomic E-state index is -0.0145. The molecular formula is C22H21NO2S2. The maximum absolute atomic E-state index is 12.7. The third-order valence-electron chi connectivity index (χ3n) is 4.21. The van der Waals surface area contributed by atoms with Crippen LogP contribution in [-0.2, 0) is 11.2 Å². The Morgan fingerprint density at radius 3 is 2.52 bits per heavy atom. The van der Waals surface area contributed by atoms with Crippen molar-refractivity contribution in [1.82, 2.24) is 4.90 Å². The molecule has 1 heterocycles. The molecule has 1 aliphatic heterocycles. The molecule has 5 heteroatoms. The first-order valence-corrected chi connectivity index (χ1v) is 9.91. The summed E-state index contributed by atoms with van der Waals surface area (Å²) < 4.78 is 5.79. The Hall–Kier alpha value is -2.37. The zero-order valence-electron chi connectivity index (χ0n) is 15.3. The molecule has 1 fully saturated rings. The lowest BCUT2D eigenvalue weighted by atomic mass is 10.1. The largest absolute Gasteiger partial charge is 0.497 e. The molecule has 1 aliphatic rings. The van der Waals surface area contributed by atoms with E-state index in [4.69, 9.17) is 17.0 Å². The van der Waals surface area contributed by atoms with Gasteiger partial charge in [-0.2, -0.15) is 0 Å². The van der Waals surface area contributed by atoms with E-state index < -0.39 is 0 Å². The predicted octanol–water partition coefficient (Wildman–Crippen LogP) is 5.09. The molecule has 27 heavy (non-hydrogen) atoms. The molecule has 1 saturated heterocycles. The average Bonchev–Trinajstić information content (AvgIpc) is 2.94. The van der Waals surface area contributed by atoms with Gasteiger partial charge in [-0.15, -0.1) is 0 Å². The molecule has 0 aromatic heterocycles. The quantitative estimate of drug-likeness (QED) is 0.504. The summed E-state index contributed by atoms with van der Waals surface area (Å²) in [5.74, 6) is 0.812. The SMILES string of the molecule is COc1ccc(CCN2C(=O)C(=CC(C)=Cc3ccccc3)SC2=S)cc1. The second kappa shape index (κ2) is 9.02. The van der Waals surface area contributed by atoms with E-state index in [9.17, 15) is 4.79 Å². The van der Waals surface area contributed by atoms with E-state index in [2.05, 4.69) is 6.08 Å². The van der Waals surface area contributed by atoms with Crippen LogP contribution in [0.1, 0.15) is 18.1 Å². The van der Waals surface area contributed by atoms with E-state index in [0.29, 0.717) is 15.8 Å². The highest BCUT2D eigenvalue weighted by Gasteiger charge is 2.31. The summed E-state index contributed by atoms with van der Waals surface area (Å²) in [7, 11) is 1.65. The number of ether oxygens (including phenoxy) is 1. The summed E-state index contributed by atoms with van der Waals surface area (Å²) >= 11 is 6.79. The molecule has 3 rings (SSSR count). The van der Waals surface area contributed by atoms with Gasteiger partial charge in [0.05, 0.1) is 12.0 Å². The number of hydrogen-bond donors (Lipinski definition) is 0. The summed E-state index contributed by atoms with van der Waals surface area (Å²) in [5.41, 5.74) is 3.28. The summed E-state index contributed by atoms with van der Waals surface area (Å²) in [4.78, 5) is 15.1. The molecule has 0 spiro atoms. The lowest BCUT2D eigenvalue weighted by molar-refractivity contribution is -0.122. The molecule has 138 valence electrons. The standard InChI is InChI=1S/C22H21NO2S2/c1-16(14-18-6-4-3-5-7-18)15-20-21(24)23(22(26)27-20)13-12-17-8-10-19(25-2)11-9-17/h3-11,14-15H,12-13H2,1-2H3. The lowest BCUT2D eigenvalue weighted by Crippen LogP contribution is -2.30. The molecule has 3 nitrogen and oxygen atoms in total. The number of allylic oxidation sites excluding steroid dienone is 2. The number of nitrogens with zero attached hydrogens (tertiary/aromatic N) is 1. The normalized spacial score (nSPS) is 16.3. The van der Waals surface area contributed by atoms with Crippen LogP contribution in [0.25, 0.3) is 6.08 Å². The van der Waals surface area contributed by atoms with Crippen molar-refractivity contribution in [2.24, 2.45) is 0 Å². The van der Waals surface area contributed by atoms with Crippen molar-refractivity contribution < 1.29 is 9.53 Å². The Balaban J connectivity index is 1.66. The highest BCUT2D eigenvalue weighted by atomic mass is 32.2. The first kappa shape index (κ1) is 19.4. The van der Waals surface area contributed by atoms with Crippen LogP contribution in [0.15, 0.2) is 71.2 Å². The Kier molecular flexibility index (Phi) is 6.48. The molecule has 2 aromatic rings. The van der Waals surface area contributed by atoms with E-state index >= 15 is 0 Å². The number of rotatable bonds is 6. The number of amides is 1. The number of thioether (sulfide) groups is 1. The van der Waals surface area contributed by atoms with Gasteiger partial charge in [0.1, 0.15) is 10.1 Å². The Labute approximate surface area is 169 Å². The number of thiocarbonyl (C=S) groups is 1. The predicted molar refractivity (Wildman–Crippen MR) is 117 cm³/mol. The first-order chi connectivity index (χ1) is 13.1. The highest BCUT2D eigenvalue weighted by Crippen LogP contribution is 2.32. The maximum Gasteiger partial charge on any atom is 0.266 e. The Morgan fingerprint density at radius 2 is 1.85 bits per heavy atom. The summed E-state index contributed by atoms with van der Waals surface area (Å²) in [6, 6.07) is 17.9. The van der Waals surface area contributed by atoms with Crippen molar-refractivity contribution in [3.8, 4) is 5.75 Å². The van der Waals surface area contributed by atoms with Crippen LogP contribution >= 0.6 is 24.0 Å². The van der Waals surface area contributed by atoms with E-state index in [1.807, 2.05) is 67.6 Å². The topological polar surface area (TPSA) is 29.5 Å². The van der Waals surface area contributed by atoms with Gasteiger partial charge in [0.15, 0.2) is 0 Å². The molecule has 2 aromatic carbocycles. The molecule has 0 aliphatic carbocycles. The van der Waals surface area contributed by atoms with E-state index in [0.717, 1.165) is 28.9 Å². The summed E-state index contributed by atoms with van der Waals surface area (Å²) in [5, 5.41) is 0.